The van der Waals surface area contributed by atoms with E-state index in [2.05, 4.69) is 64.8 Å². The summed E-state index contributed by atoms with van der Waals surface area (Å²) in [5, 5.41) is 8.02. The fraction of sp³-hybridized carbons (Fsp3) is 0.125. The molecule has 0 radical (unpaired) electrons. The molecule has 0 unspecified atom stereocenters. The molecule has 20 heavy (non-hydrogen) atoms. The average Bonchev–Trinajstić information content (AvgIpc) is 2.93. The maximum atomic E-state index is 5.67. The number of benzene rings is 2. The van der Waals surface area contributed by atoms with Crippen LogP contribution in [-0.2, 0) is 12.8 Å². The molecule has 0 atom stereocenters. The van der Waals surface area contributed by atoms with E-state index in [4.69, 9.17) is 5.73 Å². The summed E-state index contributed by atoms with van der Waals surface area (Å²) >= 11 is 0.0888. The third-order valence-electron chi connectivity index (χ3n) is 3.19. The Morgan fingerprint density at radius 3 is 2.05 bits per heavy atom. The third-order valence-corrected chi connectivity index (χ3v) is 4.87. The standard InChI is InChI=1S/C16H15N3Se/c17-16-19-18-15(20-16)14-10-8-13(9-11-14)7-6-12-4-2-1-3-5-12/h1-5,8-11H,6-7H2,(H2,17,19). The zero-order valence-electron chi connectivity index (χ0n) is 11.0. The molecule has 0 spiro atoms. The first-order valence-electron chi connectivity index (χ1n) is 6.53. The van der Waals surface area contributed by atoms with Crippen molar-refractivity contribution in [2.75, 3.05) is 5.73 Å². The van der Waals surface area contributed by atoms with Crippen molar-refractivity contribution in [3.63, 3.8) is 0 Å². The van der Waals surface area contributed by atoms with E-state index >= 15 is 0 Å². The van der Waals surface area contributed by atoms with E-state index in [9.17, 15) is 0 Å². The molecule has 3 nitrogen and oxygen atoms in total. The average molecular weight is 328 g/mol. The van der Waals surface area contributed by atoms with Gasteiger partial charge in [0, 0.05) is 0 Å². The van der Waals surface area contributed by atoms with Crippen LogP contribution in [0.2, 0.25) is 0 Å². The Balaban J connectivity index is 1.67. The Bertz CT molecular complexity index is 674. The normalized spacial score (nSPS) is 10.6. The number of hydrogen-bond acceptors (Lipinski definition) is 3. The molecule has 0 saturated heterocycles. The molecule has 0 aliphatic carbocycles. The molecule has 0 fully saturated rings. The number of hydrogen-bond donors (Lipinski definition) is 1. The Kier molecular flexibility index (Phi) is 3.95. The SMILES string of the molecule is Nc1nnc(-c2ccc(CCc3ccccc3)cc2)[se]1. The summed E-state index contributed by atoms with van der Waals surface area (Å²) in [6.45, 7) is 0. The first-order chi connectivity index (χ1) is 9.81. The molecule has 100 valence electrons. The van der Waals surface area contributed by atoms with Gasteiger partial charge in [0.15, 0.2) is 0 Å². The predicted octanol–water partition coefficient (Wildman–Crippen LogP) is 2.57. The molecule has 0 amide bonds. The van der Waals surface area contributed by atoms with E-state index in [1.807, 2.05) is 0 Å². The van der Waals surface area contributed by atoms with Crippen molar-refractivity contribution in [2.24, 2.45) is 0 Å². The van der Waals surface area contributed by atoms with Crippen LogP contribution < -0.4 is 5.73 Å². The second-order valence-corrected chi connectivity index (χ2v) is 6.75. The van der Waals surface area contributed by atoms with Gasteiger partial charge in [0.2, 0.25) is 0 Å². The number of nitrogens with two attached hydrogens (primary N) is 1. The van der Waals surface area contributed by atoms with Gasteiger partial charge in [-0.3, -0.25) is 0 Å². The number of anilines is 1. The van der Waals surface area contributed by atoms with Gasteiger partial charge >= 0.3 is 124 Å². The van der Waals surface area contributed by atoms with Gasteiger partial charge in [0.25, 0.3) is 0 Å². The van der Waals surface area contributed by atoms with Gasteiger partial charge in [-0.2, -0.15) is 0 Å². The quantitative estimate of drug-likeness (QED) is 0.749. The topological polar surface area (TPSA) is 51.8 Å². The van der Waals surface area contributed by atoms with Crippen LogP contribution in [0.15, 0.2) is 54.6 Å². The maximum absolute atomic E-state index is 5.67. The van der Waals surface area contributed by atoms with Gasteiger partial charge in [0.05, 0.1) is 0 Å². The summed E-state index contributed by atoms with van der Waals surface area (Å²) in [4.78, 5) is 0. The molecule has 0 aliphatic heterocycles. The Hall–Kier alpha value is -1.90. The summed E-state index contributed by atoms with van der Waals surface area (Å²) in [7, 11) is 0. The van der Waals surface area contributed by atoms with Crippen molar-refractivity contribution < 1.29 is 0 Å². The molecule has 0 saturated carbocycles. The molecule has 1 heterocycles. The molecular formula is C16H15N3Se. The Morgan fingerprint density at radius 2 is 1.45 bits per heavy atom. The third kappa shape index (κ3) is 3.16. The van der Waals surface area contributed by atoms with Crippen molar-refractivity contribution in [1.29, 1.82) is 0 Å². The van der Waals surface area contributed by atoms with Gasteiger partial charge in [-0.25, -0.2) is 0 Å². The van der Waals surface area contributed by atoms with Crippen molar-refractivity contribution >= 4 is 19.2 Å². The van der Waals surface area contributed by atoms with E-state index in [-0.39, 0.29) is 14.5 Å². The number of nitrogen functional groups attached to an aromatic ring is 1. The van der Waals surface area contributed by atoms with Crippen LogP contribution in [0, 0.1) is 0 Å². The molecule has 2 N–H and O–H groups in total. The van der Waals surface area contributed by atoms with Crippen LogP contribution in [0.4, 0.5) is 4.69 Å². The van der Waals surface area contributed by atoms with E-state index in [0.29, 0.717) is 4.69 Å². The summed E-state index contributed by atoms with van der Waals surface area (Å²) in [6, 6.07) is 19.2. The molecule has 0 aliphatic rings. The summed E-state index contributed by atoms with van der Waals surface area (Å²) in [6.07, 6.45) is 2.13. The number of nitrogens with zero attached hydrogens (tertiary/aromatic N) is 2. The van der Waals surface area contributed by atoms with E-state index in [0.717, 1.165) is 23.0 Å². The Labute approximate surface area is 124 Å². The van der Waals surface area contributed by atoms with Crippen LogP contribution in [0.1, 0.15) is 11.1 Å². The summed E-state index contributed by atoms with van der Waals surface area (Å²) < 4.78 is 1.67. The zero-order valence-corrected chi connectivity index (χ0v) is 12.7. The molecule has 4 heteroatoms. The Morgan fingerprint density at radius 1 is 0.800 bits per heavy atom. The monoisotopic (exact) mass is 329 g/mol. The molecule has 3 aromatic rings. The van der Waals surface area contributed by atoms with Crippen LogP contribution in [0.25, 0.3) is 10.1 Å². The van der Waals surface area contributed by atoms with Crippen LogP contribution >= 0.6 is 0 Å². The van der Waals surface area contributed by atoms with E-state index < -0.39 is 0 Å². The molecular weight excluding hydrogens is 313 g/mol. The number of rotatable bonds is 4. The van der Waals surface area contributed by atoms with E-state index in [1.165, 1.54) is 11.1 Å². The minimum atomic E-state index is 0.0888. The zero-order chi connectivity index (χ0) is 13.8. The molecule has 3 rings (SSSR count). The van der Waals surface area contributed by atoms with Gasteiger partial charge in [0.1, 0.15) is 0 Å². The van der Waals surface area contributed by atoms with Gasteiger partial charge in [-0.1, -0.05) is 0 Å². The van der Waals surface area contributed by atoms with Crippen molar-refractivity contribution in [1.82, 2.24) is 10.2 Å². The first kappa shape index (κ1) is 13.1. The number of aryl methyl sites for hydroxylation is 2. The van der Waals surface area contributed by atoms with Crippen LogP contribution in [0.3, 0.4) is 0 Å². The van der Waals surface area contributed by atoms with E-state index in [1.54, 1.807) is 0 Å². The first-order valence-corrected chi connectivity index (χ1v) is 8.25. The van der Waals surface area contributed by atoms with Gasteiger partial charge in [-0.15, -0.1) is 0 Å². The fourth-order valence-corrected chi connectivity index (χ4v) is 3.39. The van der Waals surface area contributed by atoms with Crippen molar-refractivity contribution in [3.8, 4) is 10.1 Å². The molecule has 1 aromatic heterocycles. The second kappa shape index (κ2) is 6.04. The minimum absolute atomic E-state index is 0.0888. The summed E-state index contributed by atoms with van der Waals surface area (Å²) in [5.41, 5.74) is 9.53. The van der Waals surface area contributed by atoms with Gasteiger partial charge < -0.3 is 0 Å². The van der Waals surface area contributed by atoms with Crippen molar-refractivity contribution in [2.45, 2.75) is 12.8 Å². The van der Waals surface area contributed by atoms with Crippen LogP contribution in [-0.4, -0.2) is 24.7 Å². The second-order valence-electron chi connectivity index (χ2n) is 4.63. The van der Waals surface area contributed by atoms with Crippen molar-refractivity contribution in [3.05, 3.63) is 65.7 Å². The fourth-order valence-electron chi connectivity index (χ4n) is 2.10. The predicted molar refractivity (Wildman–Crippen MR) is 82.7 cm³/mol. The molecule has 0 bridgehead atoms. The molecule has 2 aromatic carbocycles. The summed E-state index contributed by atoms with van der Waals surface area (Å²) in [5.74, 6) is 0. The van der Waals surface area contributed by atoms with Crippen LogP contribution in [0.5, 0.6) is 0 Å². The number of aromatic nitrogens is 2. The van der Waals surface area contributed by atoms with Gasteiger partial charge in [-0.05, 0) is 0 Å².